The van der Waals surface area contributed by atoms with Crippen molar-refractivity contribution in [3.8, 4) is 0 Å². The van der Waals surface area contributed by atoms with E-state index in [1.54, 1.807) is 11.3 Å². The molecule has 2 aromatic heterocycles. The van der Waals surface area contributed by atoms with Gasteiger partial charge in [0, 0.05) is 25.2 Å². The van der Waals surface area contributed by atoms with Crippen molar-refractivity contribution in [2.75, 3.05) is 7.05 Å². The summed E-state index contributed by atoms with van der Waals surface area (Å²) in [5, 5.41) is 5.12. The molecule has 7 heteroatoms. The number of aryl methyl sites for hydroxylation is 1. The largest absolute Gasteiger partial charge is 0.300 e. The third-order valence-electron chi connectivity index (χ3n) is 3.46. The number of hydrogen-bond donors (Lipinski definition) is 1. The average molecular weight is 278 g/mol. The number of likely N-dealkylation sites (tertiary alicyclic amines) is 1. The SMILES string of the molecule is Cc1nc2sccn2c1CNC1CC(=O)N(C)C1=O. The van der Waals surface area contributed by atoms with Gasteiger partial charge in [-0.2, -0.15) is 0 Å². The Morgan fingerprint density at radius 1 is 1.53 bits per heavy atom. The van der Waals surface area contributed by atoms with Crippen molar-refractivity contribution in [1.29, 1.82) is 0 Å². The van der Waals surface area contributed by atoms with E-state index in [2.05, 4.69) is 10.3 Å². The number of carbonyl (C=O) groups is 2. The summed E-state index contributed by atoms with van der Waals surface area (Å²) in [6, 6.07) is -0.416. The van der Waals surface area contributed by atoms with Crippen LogP contribution >= 0.6 is 11.3 Å². The van der Waals surface area contributed by atoms with Gasteiger partial charge in [-0.15, -0.1) is 11.3 Å². The molecule has 0 bridgehead atoms. The first-order valence-electron chi connectivity index (χ1n) is 6.02. The lowest BCUT2D eigenvalue weighted by atomic mass is 10.2. The minimum absolute atomic E-state index is 0.131. The van der Waals surface area contributed by atoms with E-state index in [1.807, 2.05) is 22.9 Å². The highest BCUT2D eigenvalue weighted by atomic mass is 32.1. The van der Waals surface area contributed by atoms with Crippen LogP contribution < -0.4 is 5.32 Å². The molecule has 0 radical (unpaired) electrons. The maximum absolute atomic E-state index is 11.8. The van der Waals surface area contributed by atoms with Gasteiger partial charge >= 0.3 is 0 Å². The molecule has 2 aromatic rings. The molecule has 1 aliphatic rings. The number of imide groups is 1. The van der Waals surface area contributed by atoms with Crippen LogP contribution in [0.4, 0.5) is 0 Å². The highest BCUT2D eigenvalue weighted by molar-refractivity contribution is 7.15. The lowest BCUT2D eigenvalue weighted by Gasteiger charge is -2.10. The van der Waals surface area contributed by atoms with Gasteiger partial charge in [-0.05, 0) is 6.92 Å². The maximum atomic E-state index is 11.8. The third kappa shape index (κ3) is 1.95. The van der Waals surface area contributed by atoms with E-state index in [9.17, 15) is 9.59 Å². The maximum Gasteiger partial charge on any atom is 0.246 e. The van der Waals surface area contributed by atoms with E-state index in [-0.39, 0.29) is 18.2 Å². The van der Waals surface area contributed by atoms with Gasteiger partial charge in [-0.25, -0.2) is 4.98 Å². The summed E-state index contributed by atoms with van der Waals surface area (Å²) in [5.74, 6) is -0.290. The normalized spacial score (nSPS) is 19.9. The van der Waals surface area contributed by atoms with Crippen molar-refractivity contribution in [1.82, 2.24) is 19.6 Å². The van der Waals surface area contributed by atoms with Gasteiger partial charge in [0.25, 0.3) is 0 Å². The molecule has 1 unspecified atom stereocenters. The molecule has 1 saturated heterocycles. The lowest BCUT2D eigenvalue weighted by Crippen LogP contribution is -2.37. The van der Waals surface area contributed by atoms with Gasteiger partial charge in [0.15, 0.2) is 4.96 Å². The highest BCUT2D eigenvalue weighted by Gasteiger charge is 2.35. The lowest BCUT2D eigenvalue weighted by molar-refractivity contribution is -0.137. The molecule has 0 spiro atoms. The van der Waals surface area contributed by atoms with E-state index >= 15 is 0 Å². The first-order valence-corrected chi connectivity index (χ1v) is 6.90. The Labute approximate surface area is 114 Å². The molecule has 6 nitrogen and oxygen atoms in total. The second-order valence-corrected chi connectivity index (χ2v) is 5.50. The minimum atomic E-state index is -0.416. The number of carbonyl (C=O) groups excluding carboxylic acids is 2. The van der Waals surface area contributed by atoms with Crippen molar-refractivity contribution in [3.05, 3.63) is 23.0 Å². The summed E-state index contributed by atoms with van der Waals surface area (Å²) >= 11 is 1.58. The summed E-state index contributed by atoms with van der Waals surface area (Å²) in [6.07, 6.45) is 2.20. The monoisotopic (exact) mass is 278 g/mol. The fourth-order valence-electron chi connectivity index (χ4n) is 2.29. The number of amides is 2. The second-order valence-electron chi connectivity index (χ2n) is 4.63. The molecule has 3 rings (SSSR count). The van der Waals surface area contributed by atoms with Crippen molar-refractivity contribution >= 4 is 28.1 Å². The first-order chi connectivity index (χ1) is 9.08. The van der Waals surface area contributed by atoms with Gasteiger partial charge < -0.3 is 0 Å². The van der Waals surface area contributed by atoms with Crippen molar-refractivity contribution in [2.24, 2.45) is 0 Å². The predicted molar refractivity (Wildman–Crippen MR) is 70.8 cm³/mol. The Bertz CT molecular complexity index is 660. The van der Waals surface area contributed by atoms with E-state index in [0.29, 0.717) is 6.54 Å². The average Bonchev–Trinajstić information content (AvgIpc) is 2.99. The van der Waals surface area contributed by atoms with Crippen molar-refractivity contribution in [2.45, 2.75) is 25.9 Å². The third-order valence-corrected chi connectivity index (χ3v) is 4.22. The fraction of sp³-hybridized carbons (Fsp3) is 0.417. The van der Waals surface area contributed by atoms with Crippen LogP contribution in [0.15, 0.2) is 11.6 Å². The quantitative estimate of drug-likeness (QED) is 0.833. The van der Waals surface area contributed by atoms with E-state index in [4.69, 9.17) is 0 Å². The van der Waals surface area contributed by atoms with Gasteiger partial charge in [-0.3, -0.25) is 24.2 Å². The fourth-order valence-corrected chi connectivity index (χ4v) is 3.07. The molecule has 100 valence electrons. The molecule has 1 aliphatic heterocycles. The number of hydrogen-bond acceptors (Lipinski definition) is 5. The number of nitrogens with one attached hydrogen (secondary N) is 1. The van der Waals surface area contributed by atoms with Gasteiger partial charge in [-0.1, -0.05) is 0 Å². The van der Waals surface area contributed by atoms with Gasteiger partial charge in [0.05, 0.1) is 23.9 Å². The van der Waals surface area contributed by atoms with Crippen LogP contribution in [-0.4, -0.2) is 39.2 Å². The highest BCUT2D eigenvalue weighted by Crippen LogP contribution is 2.17. The molecule has 1 fully saturated rings. The van der Waals surface area contributed by atoms with E-state index in [0.717, 1.165) is 16.3 Å². The molecular formula is C12H14N4O2S. The minimum Gasteiger partial charge on any atom is -0.300 e. The summed E-state index contributed by atoms with van der Waals surface area (Å²) in [5.41, 5.74) is 1.98. The molecule has 3 heterocycles. The molecule has 0 saturated carbocycles. The number of fused-ring (bicyclic) bond motifs is 1. The topological polar surface area (TPSA) is 66.7 Å². The number of aromatic nitrogens is 2. The molecule has 0 aliphatic carbocycles. The van der Waals surface area contributed by atoms with Crippen LogP contribution in [0.5, 0.6) is 0 Å². The number of nitrogens with zero attached hydrogens (tertiary/aromatic N) is 3. The molecule has 1 atom stereocenters. The number of rotatable bonds is 3. The molecule has 19 heavy (non-hydrogen) atoms. The van der Waals surface area contributed by atoms with Crippen LogP contribution in [0.25, 0.3) is 4.96 Å². The molecule has 1 N–H and O–H groups in total. The summed E-state index contributed by atoms with van der Waals surface area (Å²) in [6.45, 7) is 2.48. The summed E-state index contributed by atoms with van der Waals surface area (Å²) in [7, 11) is 1.52. The molecular weight excluding hydrogens is 264 g/mol. The zero-order valence-electron chi connectivity index (χ0n) is 10.7. The van der Waals surface area contributed by atoms with Crippen LogP contribution in [0, 0.1) is 6.92 Å². The van der Waals surface area contributed by atoms with Crippen molar-refractivity contribution < 1.29 is 9.59 Å². The van der Waals surface area contributed by atoms with Gasteiger partial charge in [0.2, 0.25) is 11.8 Å². The van der Waals surface area contributed by atoms with E-state index < -0.39 is 6.04 Å². The Morgan fingerprint density at radius 2 is 2.32 bits per heavy atom. The Morgan fingerprint density at radius 3 is 3.00 bits per heavy atom. The summed E-state index contributed by atoms with van der Waals surface area (Å²) < 4.78 is 2.01. The van der Waals surface area contributed by atoms with Crippen LogP contribution in [0.2, 0.25) is 0 Å². The standard InChI is InChI=1S/C12H14N4O2S/c1-7-9(16-3-4-19-12(16)14-7)6-13-8-5-10(17)15(2)11(8)18/h3-4,8,13H,5-6H2,1-2H3. The van der Waals surface area contributed by atoms with Crippen LogP contribution in [0.3, 0.4) is 0 Å². The second kappa shape index (κ2) is 4.43. The molecule has 0 aromatic carbocycles. The van der Waals surface area contributed by atoms with E-state index in [1.165, 1.54) is 11.9 Å². The summed E-state index contributed by atoms with van der Waals surface area (Å²) in [4.78, 5) is 29.8. The van der Waals surface area contributed by atoms with Gasteiger partial charge in [0.1, 0.15) is 0 Å². The Balaban J connectivity index is 1.76. The number of likely N-dealkylation sites (N-methyl/N-ethyl adjacent to an activating group) is 1. The van der Waals surface area contributed by atoms with Crippen LogP contribution in [0.1, 0.15) is 17.8 Å². The first kappa shape index (κ1) is 12.3. The van der Waals surface area contributed by atoms with Crippen LogP contribution in [-0.2, 0) is 16.1 Å². The number of thiazole rings is 1. The smallest absolute Gasteiger partial charge is 0.246 e. The zero-order valence-corrected chi connectivity index (χ0v) is 11.5. The molecule has 2 amide bonds. The number of imidazole rings is 1. The Hall–Kier alpha value is -1.73. The predicted octanol–water partition coefficient (Wildman–Crippen LogP) is 0.551. The zero-order chi connectivity index (χ0) is 13.6. The van der Waals surface area contributed by atoms with Crippen molar-refractivity contribution in [3.63, 3.8) is 0 Å². The Kier molecular flexibility index (Phi) is 2.87.